The number of hydrogen-bond donors (Lipinski definition) is 0. The van der Waals surface area contributed by atoms with Crippen molar-refractivity contribution in [2.45, 2.75) is 72.9 Å². The van der Waals surface area contributed by atoms with Crippen molar-refractivity contribution in [3.05, 3.63) is 306 Å². The van der Waals surface area contributed by atoms with Gasteiger partial charge in [-0.2, -0.15) is 18.4 Å². The number of pyridine rings is 5. The Morgan fingerprint density at radius 1 is 0.417 bits per heavy atom. The molecule has 0 unspecified atom stereocenters. The van der Waals surface area contributed by atoms with Gasteiger partial charge in [0, 0.05) is 135 Å². The Morgan fingerprint density at radius 3 is 1.39 bits per heavy atom. The van der Waals surface area contributed by atoms with Gasteiger partial charge in [0.25, 0.3) is 0 Å². The van der Waals surface area contributed by atoms with Crippen LogP contribution in [0.5, 0.6) is 0 Å². The number of alkyl halides is 3. The summed E-state index contributed by atoms with van der Waals surface area (Å²) in [6.07, 6.45) is 2.93. The summed E-state index contributed by atoms with van der Waals surface area (Å²) in [5.41, 5.74) is 12.1. The van der Waals surface area contributed by atoms with Crippen LogP contribution in [0.25, 0.3) is 88.6 Å². The van der Waals surface area contributed by atoms with Crippen molar-refractivity contribution in [2.24, 2.45) is 0 Å². The molecular weight excluding hydrogens is 2110 g/mol. The van der Waals surface area contributed by atoms with Crippen molar-refractivity contribution in [3.8, 4) is 62.4 Å². The maximum atomic E-state index is 14.3. The molecule has 0 aliphatic heterocycles. The summed E-state index contributed by atoms with van der Waals surface area (Å²) in [4.78, 5) is 22.0. The van der Waals surface area contributed by atoms with Gasteiger partial charge in [0.15, 0.2) is 11.6 Å². The average molecular weight is 2170 g/mol. The number of nitrogens with zero attached hydrogens (tertiary/aromatic N) is 6. The number of hydrogen-bond acceptors (Lipinski definition) is 6. The van der Waals surface area contributed by atoms with Crippen LogP contribution in [0.15, 0.2) is 219 Å². The molecule has 499 valence electrons. The fourth-order valence-electron chi connectivity index (χ4n) is 9.86. The van der Waals surface area contributed by atoms with Crippen molar-refractivity contribution in [2.75, 3.05) is 0 Å². The normalized spacial score (nSPS) is 10.2. The summed E-state index contributed by atoms with van der Waals surface area (Å²) in [6.45, 7) is 9.96. The molecule has 0 amide bonds. The molecule has 8 aromatic carbocycles. The van der Waals surface area contributed by atoms with E-state index >= 15 is 0 Å². The van der Waals surface area contributed by atoms with Crippen molar-refractivity contribution in [3.63, 3.8) is 0 Å². The Bertz CT molecular complexity index is 4600. The second-order valence-electron chi connectivity index (χ2n) is 20.6. The topological polar surface area (TPSA) is 88.2 Å². The standard InChI is InChI=1S/C18H13F3N.C17H12F2N.C17H13FN.C14H11N2.C13H12N.5Ir/c1-2-15-11-13-5-3-4-6-16(13)17(22-15)12-7-9-14(10-8-12)18(19,20)21;1-2-15-16(19)13-5-3-4-6-14(13)17(20-15)11-7-9-12(18)10-8-11;1-2-15-16(18)13-10-6-7-11-14(13)17(19-15)12-8-4-3-5-9-12;1-2-11-7-12(10-15)9-13(8-11)14-5-3-4-6-16-14;1-2-11-6-5-7-12(10-11)13-8-3-4-9-14-13;;;;;/h3-7,9-11H,2H2,1H3;3-7,9-10H,2H2,1H3;3-8,10-11H,2H2,1H3;3-7,9H,2H2,1H3;3-9H,2H2,1H3;;;;;/q5*-1;;;;;. The Hall–Kier alpha value is -7.39. The molecule has 0 bridgehead atoms. The van der Waals surface area contributed by atoms with Gasteiger partial charge in [-0.25, -0.2) is 8.78 Å². The van der Waals surface area contributed by atoms with E-state index in [1.807, 2.05) is 166 Å². The predicted molar refractivity (Wildman–Crippen MR) is 352 cm³/mol. The van der Waals surface area contributed by atoms with E-state index in [-0.39, 0.29) is 118 Å². The van der Waals surface area contributed by atoms with E-state index in [4.69, 9.17) is 5.26 Å². The molecule has 0 fully saturated rings. The fourth-order valence-corrected chi connectivity index (χ4v) is 9.86. The third kappa shape index (κ3) is 21.1. The molecule has 5 heterocycles. The van der Waals surface area contributed by atoms with Gasteiger partial charge in [0.1, 0.15) is 0 Å². The van der Waals surface area contributed by atoms with Crippen LogP contribution in [0.1, 0.15) is 74.0 Å². The van der Waals surface area contributed by atoms with Gasteiger partial charge in [0.2, 0.25) is 0 Å². The number of benzene rings is 8. The molecule has 96 heavy (non-hydrogen) atoms. The third-order valence-electron chi connectivity index (χ3n) is 14.6. The van der Waals surface area contributed by atoms with E-state index in [0.29, 0.717) is 68.5 Å². The molecule has 5 radical (unpaired) electrons. The first kappa shape index (κ1) is 81.0. The zero-order valence-corrected chi connectivity index (χ0v) is 64.4. The predicted octanol–water partition coefficient (Wildman–Crippen LogP) is 20.3. The Balaban J connectivity index is 0.000000254. The van der Waals surface area contributed by atoms with Crippen molar-refractivity contribution in [1.82, 2.24) is 24.9 Å². The minimum absolute atomic E-state index is 0. The molecule has 5 aromatic heterocycles. The van der Waals surface area contributed by atoms with Crippen LogP contribution in [0.4, 0.5) is 26.3 Å². The summed E-state index contributed by atoms with van der Waals surface area (Å²) in [5, 5.41) is 13.6. The van der Waals surface area contributed by atoms with Gasteiger partial charge >= 0.3 is 6.18 Å². The van der Waals surface area contributed by atoms with Crippen molar-refractivity contribution >= 4 is 32.3 Å². The molecule has 6 nitrogen and oxygen atoms in total. The van der Waals surface area contributed by atoms with E-state index < -0.39 is 11.7 Å². The molecule has 0 aliphatic rings. The first-order chi connectivity index (χ1) is 44.2. The van der Waals surface area contributed by atoms with E-state index in [1.54, 1.807) is 30.5 Å². The van der Waals surface area contributed by atoms with Crippen molar-refractivity contribution in [1.29, 1.82) is 5.26 Å². The second kappa shape index (κ2) is 39.7. The number of halogens is 6. The molecule has 0 saturated carbocycles. The Labute approximate surface area is 624 Å². The van der Waals surface area contributed by atoms with Gasteiger partial charge in [-0.15, -0.1) is 160 Å². The molecule has 0 aliphatic carbocycles. The quantitative estimate of drug-likeness (QED) is 0.100. The van der Waals surface area contributed by atoms with Crippen LogP contribution in [0.3, 0.4) is 0 Å². The molecule has 0 saturated heterocycles. The van der Waals surface area contributed by atoms with Crippen molar-refractivity contribution < 1.29 is 127 Å². The number of fused-ring (bicyclic) bond motifs is 3. The molecule has 13 aromatic rings. The minimum Gasteiger partial charge on any atom is -0.305 e. The van der Waals surface area contributed by atoms with E-state index in [9.17, 15) is 26.3 Å². The summed E-state index contributed by atoms with van der Waals surface area (Å²) in [6, 6.07) is 78.8. The van der Waals surface area contributed by atoms with E-state index in [2.05, 4.69) is 87.3 Å². The fraction of sp³-hybridized carbons (Fsp3) is 0.139. The SMILES string of the molecule is CCc1[c-]c(-c2ccccn2)cc(C#N)c1.CCc1[c-]c(-c2ccccn2)ccc1.CCc1cc2ccccc2c(-c2[c-]cc(C(F)(F)F)cc2)n1.CCc1nc(-c2[c-]cc(F)cc2)c2ccccc2c1F.CCc1nc(-c2[c-]cccc2)c2ccccc2c1F.[Ir].[Ir].[Ir].[Ir].[Ir]. The smallest absolute Gasteiger partial charge is 0.305 e. The Morgan fingerprint density at radius 2 is 0.906 bits per heavy atom. The van der Waals surface area contributed by atoms with E-state index in [1.165, 1.54) is 23.8 Å². The molecular formula is C79H61F6Ir5N6-5. The number of aromatic nitrogens is 5. The summed E-state index contributed by atoms with van der Waals surface area (Å²) in [5.74, 6) is -0.845. The van der Waals surface area contributed by atoms with Crippen LogP contribution in [-0.4, -0.2) is 24.9 Å². The maximum Gasteiger partial charge on any atom is 0.381 e. The Kier molecular flexibility index (Phi) is 33.5. The zero-order chi connectivity index (χ0) is 64.3. The van der Waals surface area contributed by atoms with Gasteiger partial charge in [-0.05, 0) is 111 Å². The number of nitriles is 1. The molecule has 0 atom stereocenters. The van der Waals surface area contributed by atoms with Gasteiger partial charge in [0.05, 0.1) is 17.5 Å². The largest absolute Gasteiger partial charge is 0.381 e. The molecule has 13 rings (SSSR count). The molecule has 0 spiro atoms. The summed E-state index contributed by atoms with van der Waals surface area (Å²) >= 11 is 0. The van der Waals surface area contributed by atoms with Gasteiger partial charge in [-0.1, -0.05) is 132 Å². The second-order valence-corrected chi connectivity index (χ2v) is 20.6. The van der Waals surface area contributed by atoms with Crippen LogP contribution in [-0.2, 0) is 139 Å². The third-order valence-corrected chi connectivity index (χ3v) is 14.6. The van der Waals surface area contributed by atoms with Crippen LogP contribution in [0, 0.1) is 59.1 Å². The van der Waals surface area contributed by atoms with Gasteiger partial charge in [-0.3, -0.25) is 14.4 Å². The van der Waals surface area contributed by atoms with Crippen LogP contribution < -0.4 is 0 Å². The molecule has 17 heteroatoms. The van der Waals surface area contributed by atoms with Gasteiger partial charge < -0.3 is 15.0 Å². The number of rotatable bonds is 10. The summed E-state index contributed by atoms with van der Waals surface area (Å²) in [7, 11) is 0. The minimum atomic E-state index is -4.35. The van der Waals surface area contributed by atoms with Crippen LogP contribution >= 0.6 is 0 Å². The first-order valence-corrected chi connectivity index (χ1v) is 29.8. The molecule has 0 N–H and O–H groups in total. The maximum absolute atomic E-state index is 14.3. The van der Waals surface area contributed by atoms with E-state index in [0.717, 1.165) is 92.6 Å². The first-order valence-electron chi connectivity index (χ1n) is 29.8. The number of aryl methyl sites for hydroxylation is 5. The van der Waals surface area contributed by atoms with Crippen LogP contribution in [0.2, 0.25) is 0 Å². The summed E-state index contributed by atoms with van der Waals surface area (Å²) < 4.78 is 79.6. The average Bonchev–Trinajstić information content (AvgIpc) is 0.798. The zero-order valence-electron chi connectivity index (χ0n) is 52.4. The monoisotopic (exact) mass is 2170 g/mol.